The van der Waals surface area contributed by atoms with Crippen molar-refractivity contribution < 1.29 is 14.6 Å². The maximum absolute atomic E-state index is 11.6. The van der Waals surface area contributed by atoms with Crippen LogP contribution in [0.15, 0.2) is 47.8 Å². The summed E-state index contributed by atoms with van der Waals surface area (Å²) in [5.41, 5.74) is 0. The molecule has 0 aliphatic heterocycles. The fraction of sp³-hybridized carbons (Fsp3) is 0.267. The lowest BCUT2D eigenvalue weighted by atomic mass is 10.2. The second kappa shape index (κ2) is 7.67. The topological polar surface area (TPSA) is 58.6 Å². The van der Waals surface area contributed by atoms with Gasteiger partial charge in [-0.15, -0.1) is 11.3 Å². The highest BCUT2D eigenvalue weighted by molar-refractivity contribution is 7.10. The van der Waals surface area contributed by atoms with Gasteiger partial charge in [-0.25, -0.2) is 0 Å². The maximum atomic E-state index is 11.6. The Morgan fingerprint density at radius 3 is 2.75 bits per heavy atom. The van der Waals surface area contributed by atoms with E-state index in [2.05, 4.69) is 5.32 Å². The van der Waals surface area contributed by atoms with Crippen LogP contribution < -0.4 is 10.1 Å². The average molecular weight is 291 g/mol. The third-order valence-electron chi connectivity index (χ3n) is 2.72. The fourth-order valence-electron chi connectivity index (χ4n) is 1.69. The van der Waals surface area contributed by atoms with Crippen LogP contribution in [0.1, 0.15) is 17.4 Å². The standard InChI is InChI=1S/C15H17NO3S/c17-13(14-7-4-10-20-14)8-9-16-15(18)11-19-12-5-2-1-3-6-12/h1-7,10,13,17H,8-9,11H2,(H,16,18)/t13-/m1/s1. The molecule has 1 aromatic carbocycles. The first kappa shape index (κ1) is 14.6. The molecule has 5 heteroatoms. The molecule has 106 valence electrons. The monoisotopic (exact) mass is 291 g/mol. The molecule has 0 radical (unpaired) electrons. The number of carbonyl (C=O) groups is 1. The minimum atomic E-state index is -0.523. The highest BCUT2D eigenvalue weighted by Crippen LogP contribution is 2.20. The van der Waals surface area contributed by atoms with Crippen LogP contribution in [-0.2, 0) is 4.79 Å². The van der Waals surface area contributed by atoms with Crippen LogP contribution in [-0.4, -0.2) is 24.2 Å². The van der Waals surface area contributed by atoms with Crippen molar-refractivity contribution in [1.29, 1.82) is 0 Å². The van der Waals surface area contributed by atoms with Gasteiger partial charge >= 0.3 is 0 Å². The van der Waals surface area contributed by atoms with Crippen LogP contribution in [0.25, 0.3) is 0 Å². The summed E-state index contributed by atoms with van der Waals surface area (Å²) in [5, 5.41) is 14.5. The van der Waals surface area contributed by atoms with Crippen molar-refractivity contribution in [3.8, 4) is 5.75 Å². The molecule has 0 fully saturated rings. The summed E-state index contributed by atoms with van der Waals surface area (Å²) in [5.74, 6) is 0.480. The molecule has 0 bridgehead atoms. The van der Waals surface area contributed by atoms with E-state index >= 15 is 0 Å². The normalized spacial score (nSPS) is 11.8. The molecule has 1 aromatic heterocycles. The van der Waals surface area contributed by atoms with Gasteiger partial charge in [0, 0.05) is 11.4 Å². The van der Waals surface area contributed by atoms with E-state index in [-0.39, 0.29) is 12.5 Å². The Labute approximate surface area is 122 Å². The van der Waals surface area contributed by atoms with Gasteiger partial charge < -0.3 is 15.2 Å². The molecule has 4 nitrogen and oxygen atoms in total. The minimum Gasteiger partial charge on any atom is -0.484 e. The first-order chi connectivity index (χ1) is 9.75. The van der Waals surface area contributed by atoms with E-state index in [0.29, 0.717) is 18.7 Å². The van der Waals surface area contributed by atoms with Crippen molar-refractivity contribution in [1.82, 2.24) is 5.32 Å². The molecule has 1 heterocycles. The lowest BCUT2D eigenvalue weighted by molar-refractivity contribution is -0.123. The van der Waals surface area contributed by atoms with E-state index in [1.807, 2.05) is 35.7 Å². The van der Waals surface area contributed by atoms with Crippen molar-refractivity contribution in [2.24, 2.45) is 0 Å². The summed E-state index contributed by atoms with van der Waals surface area (Å²) in [6.45, 7) is 0.412. The number of benzene rings is 1. The third kappa shape index (κ3) is 4.68. The zero-order valence-electron chi connectivity index (χ0n) is 11.0. The molecule has 2 rings (SSSR count). The number of rotatable bonds is 7. The Morgan fingerprint density at radius 2 is 2.05 bits per heavy atom. The van der Waals surface area contributed by atoms with E-state index < -0.39 is 6.10 Å². The minimum absolute atomic E-state index is 0.0148. The molecule has 0 saturated heterocycles. The summed E-state index contributed by atoms with van der Waals surface area (Å²) in [6.07, 6.45) is -0.0252. The molecule has 0 saturated carbocycles. The van der Waals surface area contributed by atoms with Crippen molar-refractivity contribution in [3.63, 3.8) is 0 Å². The van der Waals surface area contributed by atoms with E-state index in [4.69, 9.17) is 4.74 Å². The number of aliphatic hydroxyl groups excluding tert-OH is 1. The number of hydrogen-bond donors (Lipinski definition) is 2. The number of para-hydroxylation sites is 1. The van der Waals surface area contributed by atoms with Crippen LogP contribution in [0.5, 0.6) is 5.75 Å². The van der Waals surface area contributed by atoms with E-state index in [1.165, 1.54) is 11.3 Å². The predicted octanol–water partition coefficient (Wildman–Crippen LogP) is 2.37. The number of hydrogen-bond acceptors (Lipinski definition) is 4. The highest BCUT2D eigenvalue weighted by atomic mass is 32.1. The molecule has 20 heavy (non-hydrogen) atoms. The maximum Gasteiger partial charge on any atom is 0.257 e. The first-order valence-electron chi connectivity index (χ1n) is 6.42. The van der Waals surface area contributed by atoms with Gasteiger partial charge in [-0.1, -0.05) is 24.3 Å². The van der Waals surface area contributed by atoms with E-state index in [1.54, 1.807) is 12.1 Å². The zero-order chi connectivity index (χ0) is 14.2. The van der Waals surface area contributed by atoms with E-state index in [9.17, 15) is 9.90 Å². The van der Waals surface area contributed by atoms with E-state index in [0.717, 1.165) is 4.88 Å². The molecule has 0 aliphatic carbocycles. The number of thiophene rings is 1. The molecule has 2 N–H and O–H groups in total. The summed E-state index contributed by atoms with van der Waals surface area (Å²) in [7, 11) is 0. The smallest absolute Gasteiger partial charge is 0.257 e. The molecule has 2 aromatic rings. The molecule has 0 unspecified atom stereocenters. The Morgan fingerprint density at radius 1 is 1.25 bits per heavy atom. The van der Waals surface area contributed by atoms with Gasteiger partial charge in [0.2, 0.25) is 0 Å². The van der Waals surface area contributed by atoms with Gasteiger partial charge in [0.25, 0.3) is 5.91 Å². The van der Waals surface area contributed by atoms with Crippen LogP contribution in [0.4, 0.5) is 0 Å². The Hall–Kier alpha value is -1.85. The van der Waals surface area contributed by atoms with Gasteiger partial charge in [-0.05, 0) is 30.0 Å². The predicted molar refractivity (Wildman–Crippen MR) is 78.8 cm³/mol. The molecule has 1 amide bonds. The summed E-state index contributed by atoms with van der Waals surface area (Å²) in [6, 6.07) is 13.0. The molecule has 0 spiro atoms. The fourth-order valence-corrected chi connectivity index (χ4v) is 2.43. The van der Waals surface area contributed by atoms with Gasteiger partial charge in [0.05, 0.1) is 6.10 Å². The number of ether oxygens (including phenoxy) is 1. The second-order valence-electron chi connectivity index (χ2n) is 4.27. The summed E-state index contributed by atoms with van der Waals surface area (Å²) >= 11 is 1.51. The first-order valence-corrected chi connectivity index (χ1v) is 7.29. The zero-order valence-corrected chi connectivity index (χ0v) is 11.8. The van der Waals surface area contributed by atoms with Crippen LogP contribution in [0.2, 0.25) is 0 Å². The Balaban J connectivity index is 1.63. The van der Waals surface area contributed by atoms with Gasteiger partial charge in [0.15, 0.2) is 6.61 Å². The number of amides is 1. The number of nitrogens with one attached hydrogen (secondary N) is 1. The lowest BCUT2D eigenvalue weighted by Crippen LogP contribution is -2.30. The average Bonchev–Trinajstić information content (AvgIpc) is 3.00. The number of carbonyl (C=O) groups excluding carboxylic acids is 1. The molecule has 1 atom stereocenters. The van der Waals surface area contributed by atoms with Crippen molar-refractivity contribution in [2.75, 3.05) is 13.2 Å². The van der Waals surface area contributed by atoms with Gasteiger partial charge in [-0.2, -0.15) is 0 Å². The summed E-state index contributed by atoms with van der Waals surface area (Å²) in [4.78, 5) is 12.5. The summed E-state index contributed by atoms with van der Waals surface area (Å²) < 4.78 is 5.33. The highest BCUT2D eigenvalue weighted by Gasteiger charge is 2.09. The molecule has 0 aliphatic rings. The van der Waals surface area contributed by atoms with Gasteiger partial charge in [0.1, 0.15) is 5.75 Å². The van der Waals surface area contributed by atoms with Crippen molar-refractivity contribution in [3.05, 3.63) is 52.7 Å². The second-order valence-corrected chi connectivity index (χ2v) is 5.25. The third-order valence-corrected chi connectivity index (χ3v) is 3.70. The Bertz CT molecular complexity index is 513. The SMILES string of the molecule is O=C(COc1ccccc1)NCC[C@@H](O)c1cccs1. The van der Waals surface area contributed by atoms with Gasteiger partial charge in [-0.3, -0.25) is 4.79 Å². The molecular formula is C15H17NO3S. The van der Waals surface area contributed by atoms with Crippen LogP contribution >= 0.6 is 11.3 Å². The van der Waals surface area contributed by atoms with Crippen molar-refractivity contribution in [2.45, 2.75) is 12.5 Å². The van der Waals surface area contributed by atoms with Crippen LogP contribution in [0, 0.1) is 0 Å². The number of aliphatic hydroxyl groups is 1. The Kier molecular flexibility index (Phi) is 5.58. The quantitative estimate of drug-likeness (QED) is 0.823. The molecular weight excluding hydrogens is 274 g/mol. The lowest BCUT2D eigenvalue weighted by Gasteiger charge is -2.10. The van der Waals surface area contributed by atoms with Crippen LogP contribution in [0.3, 0.4) is 0 Å². The van der Waals surface area contributed by atoms with Crippen molar-refractivity contribution >= 4 is 17.2 Å². The largest absolute Gasteiger partial charge is 0.484 e.